The first-order chi connectivity index (χ1) is 8.02. The van der Waals surface area contributed by atoms with Gasteiger partial charge in [0.15, 0.2) is 0 Å². The first kappa shape index (κ1) is 18.7. The largest absolute Gasteiger partial charge is 0.0713 e. The van der Waals surface area contributed by atoms with E-state index in [1.165, 1.54) is 25.7 Å². The maximum atomic E-state index is 2.69. The Morgan fingerprint density at radius 2 is 1.06 bits per heavy atom. The summed E-state index contributed by atoms with van der Waals surface area (Å²) < 4.78 is 0. The van der Waals surface area contributed by atoms with Gasteiger partial charge in [0, 0.05) is 23.3 Å². The fourth-order valence-electron chi connectivity index (χ4n) is 2.36. The molecule has 0 aromatic carbocycles. The van der Waals surface area contributed by atoms with Gasteiger partial charge in [0.2, 0.25) is 0 Å². The van der Waals surface area contributed by atoms with Gasteiger partial charge in [-0.2, -0.15) is 0 Å². The molecule has 0 bridgehead atoms. The summed E-state index contributed by atoms with van der Waals surface area (Å²) >= 11 is 0. The van der Waals surface area contributed by atoms with Crippen molar-refractivity contribution in [3.8, 4) is 0 Å². The van der Waals surface area contributed by atoms with Gasteiger partial charge in [0.25, 0.3) is 0 Å². The zero-order valence-electron chi connectivity index (χ0n) is 14.4. The van der Waals surface area contributed by atoms with Crippen molar-refractivity contribution >= 4 is 23.3 Å². The SMILES string of the molecule is CCCCCC[Si](C)(C)[Si](C)(C)CC[Si](C)(C)C. The summed E-state index contributed by atoms with van der Waals surface area (Å²) in [7, 11) is -2.68. The minimum atomic E-state index is -0.927. The van der Waals surface area contributed by atoms with Gasteiger partial charge in [-0.1, -0.05) is 96.6 Å². The molecule has 0 saturated heterocycles. The van der Waals surface area contributed by atoms with E-state index in [4.69, 9.17) is 0 Å². The first-order valence-corrected chi connectivity index (χ1v) is 19.1. The predicted molar refractivity (Wildman–Crippen MR) is 96.9 cm³/mol. The van der Waals surface area contributed by atoms with Gasteiger partial charge in [-0.15, -0.1) is 0 Å². The van der Waals surface area contributed by atoms with Crippen molar-refractivity contribution in [1.29, 1.82) is 0 Å². The lowest BCUT2D eigenvalue weighted by atomic mass is 10.2. The van der Waals surface area contributed by atoms with Crippen molar-refractivity contribution in [2.45, 2.75) is 96.6 Å². The summed E-state index contributed by atoms with van der Waals surface area (Å²) in [5.74, 6) is 0. The lowest BCUT2D eigenvalue weighted by Gasteiger charge is -2.40. The number of hydrogen-bond donors (Lipinski definition) is 0. The molecule has 0 saturated carbocycles. The molecule has 0 aliphatic heterocycles. The van der Waals surface area contributed by atoms with E-state index >= 15 is 0 Å². The van der Waals surface area contributed by atoms with Gasteiger partial charge in [-0.3, -0.25) is 0 Å². The fraction of sp³-hybridized carbons (Fsp3) is 1.00. The molecule has 0 aliphatic carbocycles. The van der Waals surface area contributed by atoms with Crippen LogP contribution >= 0.6 is 0 Å². The van der Waals surface area contributed by atoms with Crippen LogP contribution in [0.3, 0.4) is 0 Å². The van der Waals surface area contributed by atoms with E-state index in [-0.39, 0.29) is 0 Å². The fourth-order valence-corrected chi connectivity index (χ4v) is 16.1. The molecule has 0 nitrogen and oxygen atoms in total. The summed E-state index contributed by atoms with van der Waals surface area (Å²) in [6.07, 6.45) is 5.81. The van der Waals surface area contributed by atoms with Crippen LogP contribution in [0.1, 0.15) is 32.6 Å². The average molecular weight is 303 g/mol. The van der Waals surface area contributed by atoms with Crippen LogP contribution in [0, 0.1) is 0 Å². The molecule has 0 aromatic heterocycles. The molecular weight excluding hydrogens is 264 g/mol. The van der Waals surface area contributed by atoms with E-state index in [9.17, 15) is 0 Å². The van der Waals surface area contributed by atoms with E-state index in [0.29, 0.717) is 0 Å². The second kappa shape index (κ2) is 7.44. The molecule has 0 fully saturated rings. The molecule has 0 N–H and O–H groups in total. The predicted octanol–water partition coefficient (Wildman–Crippen LogP) is 6.40. The monoisotopic (exact) mass is 302 g/mol. The minimum absolute atomic E-state index is 0.833. The van der Waals surface area contributed by atoms with Crippen molar-refractivity contribution in [2.75, 3.05) is 0 Å². The van der Waals surface area contributed by atoms with E-state index in [1.54, 1.807) is 18.1 Å². The van der Waals surface area contributed by atoms with Crippen LogP contribution in [0.25, 0.3) is 0 Å². The lowest BCUT2D eigenvalue weighted by Crippen LogP contribution is -2.55. The van der Waals surface area contributed by atoms with Gasteiger partial charge in [0.05, 0.1) is 0 Å². The summed E-state index contributed by atoms with van der Waals surface area (Å²) in [5.41, 5.74) is 0. The number of hydrogen-bond acceptors (Lipinski definition) is 0. The van der Waals surface area contributed by atoms with E-state index in [1.807, 2.05) is 0 Å². The molecule has 18 heavy (non-hydrogen) atoms. The van der Waals surface area contributed by atoms with Crippen LogP contribution in [0.4, 0.5) is 0 Å². The number of rotatable bonds is 9. The summed E-state index contributed by atoms with van der Waals surface area (Å²) in [6, 6.07) is 4.77. The molecule has 0 spiro atoms. The highest BCUT2D eigenvalue weighted by Crippen LogP contribution is 2.32. The van der Waals surface area contributed by atoms with Gasteiger partial charge in [0.1, 0.15) is 0 Å². The third kappa shape index (κ3) is 7.29. The summed E-state index contributed by atoms with van der Waals surface area (Å²) in [5, 5.41) is 0. The van der Waals surface area contributed by atoms with Crippen molar-refractivity contribution in [2.24, 2.45) is 0 Å². The first-order valence-electron chi connectivity index (χ1n) is 8.02. The molecule has 0 rings (SSSR count). The van der Waals surface area contributed by atoms with Crippen LogP contribution in [0.2, 0.25) is 64.0 Å². The van der Waals surface area contributed by atoms with Crippen LogP contribution < -0.4 is 0 Å². The molecule has 0 aliphatic rings. The molecule has 0 unspecified atom stereocenters. The Labute approximate surface area is 120 Å². The highest BCUT2D eigenvalue weighted by Gasteiger charge is 2.40. The third-order valence-electron chi connectivity index (χ3n) is 4.99. The molecule has 110 valence electrons. The Morgan fingerprint density at radius 1 is 0.556 bits per heavy atom. The Morgan fingerprint density at radius 3 is 1.50 bits per heavy atom. The van der Waals surface area contributed by atoms with Crippen molar-refractivity contribution in [3.63, 3.8) is 0 Å². The van der Waals surface area contributed by atoms with E-state index in [2.05, 4.69) is 52.8 Å². The third-order valence-corrected chi connectivity index (χ3v) is 26.5. The highest BCUT2D eigenvalue weighted by atomic mass is 29.3. The van der Waals surface area contributed by atoms with Crippen LogP contribution in [-0.2, 0) is 0 Å². The van der Waals surface area contributed by atoms with Crippen molar-refractivity contribution in [1.82, 2.24) is 0 Å². The molecule has 3 heteroatoms. The molecule has 0 heterocycles. The lowest BCUT2D eigenvalue weighted by molar-refractivity contribution is 0.698. The quantitative estimate of drug-likeness (QED) is 0.341. The molecule has 0 amide bonds. The van der Waals surface area contributed by atoms with Gasteiger partial charge in [-0.05, 0) is 0 Å². The van der Waals surface area contributed by atoms with E-state index in [0.717, 1.165) is 0 Å². The zero-order chi connectivity index (χ0) is 14.4. The Balaban J connectivity index is 4.27. The maximum Gasteiger partial charge on any atom is 0.0439 e. The second-order valence-electron chi connectivity index (χ2n) is 8.64. The van der Waals surface area contributed by atoms with Crippen LogP contribution in [-0.4, -0.2) is 23.3 Å². The average Bonchev–Trinajstić information content (AvgIpc) is 2.21. The maximum absolute atomic E-state index is 2.69. The second-order valence-corrected chi connectivity index (χ2v) is 30.9. The van der Waals surface area contributed by atoms with Gasteiger partial charge in [-0.25, -0.2) is 0 Å². The molecule has 0 radical (unpaired) electrons. The summed E-state index contributed by atoms with van der Waals surface area (Å²) in [6.45, 7) is 20.7. The van der Waals surface area contributed by atoms with Gasteiger partial charge >= 0.3 is 0 Å². The zero-order valence-corrected chi connectivity index (χ0v) is 17.4. The Kier molecular flexibility index (Phi) is 7.71. The topological polar surface area (TPSA) is 0 Å². The molecule has 0 aromatic rings. The summed E-state index contributed by atoms with van der Waals surface area (Å²) in [4.78, 5) is 0. The smallest absolute Gasteiger partial charge is 0.0439 e. The van der Waals surface area contributed by atoms with Gasteiger partial charge < -0.3 is 0 Å². The van der Waals surface area contributed by atoms with Crippen molar-refractivity contribution in [3.05, 3.63) is 0 Å². The van der Waals surface area contributed by atoms with E-state index < -0.39 is 23.3 Å². The molecule has 0 atom stereocenters. The highest BCUT2D eigenvalue weighted by molar-refractivity contribution is 7.40. The number of unbranched alkanes of at least 4 members (excludes halogenated alkanes) is 3. The Hall–Kier alpha value is 0.651. The Bertz CT molecular complexity index is 226. The standard InChI is InChI=1S/C15H38Si3/c1-9-10-11-12-13-17(5,6)18(7,8)15-14-16(2,3)4/h9-15H2,1-8H3. The van der Waals surface area contributed by atoms with Crippen molar-refractivity contribution < 1.29 is 0 Å². The van der Waals surface area contributed by atoms with Crippen LogP contribution in [0.5, 0.6) is 0 Å². The normalized spacial score (nSPS) is 14.0. The molecular formula is C15H38Si3. The van der Waals surface area contributed by atoms with Crippen LogP contribution in [0.15, 0.2) is 0 Å². The minimum Gasteiger partial charge on any atom is -0.0713 e.